The summed E-state index contributed by atoms with van der Waals surface area (Å²) in [4.78, 5) is 0. The fourth-order valence-electron chi connectivity index (χ4n) is 2.15. The van der Waals surface area contributed by atoms with Gasteiger partial charge < -0.3 is 10.4 Å². The largest absolute Gasteiger partial charge is 0.396 e. The first-order chi connectivity index (χ1) is 6.33. The summed E-state index contributed by atoms with van der Waals surface area (Å²) < 4.78 is 0. The van der Waals surface area contributed by atoms with E-state index in [1.165, 1.54) is 32.1 Å². The predicted octanol–water partition coefficient (Wildman–Crippen LogP) is 2.07. The van der Waals surface area contributed by atoms with Gasteiger partial charge in [0.2, 0.25) is 0 Å². The van der Waals surface area contributed by atoms with Gasteiger partial charge in [-0.25, -0.2) is 0 Å². The van der Waals surface area contributed by atoms with Crippen LogP contribution in [0.2, 0.25) is 0 Å². The molecule has 1 aliphatic rings. The molecule has 0 heterocycles. The highest BCUT2D eigenvalue weighted by Gasteiger charge is 2.14. The average molecular weight is 185 g/mol. The molecule has 0 aromatic rings. The Morgan fingerprint density at radius 3 is 2.62 bits per heavy atom. The van der Waals surface area contributed by atoms with Crippen LogP contribution >= 0.6 is 0 Å². The van der Waals surface area contributed by atoms with E-state index in [0.29, 0.717) is 12.6 Å². The minimum Gasteiger partial charge on any atom is -0.396 e. The Bertz CT molecular complexity index is 121. The number of hydrogen-bond donors (Lipinski definition) is 2. The van der Waals surface area contributed by atoms with E-state index in [4.69, 9.17) is 5.11 Å². The van der Waals surface area contributed by atoms with Gasteiger partial charge in [0.05, 0.1) is 0 Å². The predicted molar refractivity (Wildman–Crippen MR) is 55.8 cm³/mol. The fraction of sp³-hybridized carbons (Fsp3) is 1.00. The highest BCUT2D eigenvalue weighted by molar-refractivity contribution is 4.74. The van der Waals surface area contributed by atoms with Crippen molar-refractivity contribution in [2.75, 3.05) is 6.61 Å². The second kappa shape index (κ2) is 6.39. The SMILES string of the molecule is CC(CCCO)NC1CCCCC1. The van der Waals surface area contributed by atoms with Crippen molar-refractivity contribution in [3.8, 4) is 0 Å². The van der Waals surface area contributed by atoms with Crippen LogP contribution in [0.4, 0.5) is 0 Å². The molecule has 1 unspecified atom stereocenters. The van der Waals surface area contributed by atoms with Crippen molar-refractivity contribution >= 4 is 0 Å². The zero-order valence-electron chi connectivity index (χ0n) is 8.76. The second-order valence-corrected chi connectivity index (χ2v) is 4.27. The van der Waals surface area contributed by atoms with Gasteiger partial charge in [-0.15, -0.1) is 0 Å². The van der Waals surface area contributed by atoms with Crippen molar-refractivity contribution in [2.45, 2.75) is 64.0 Å². The lowest BCUT2D eigenvalue weighted by Crippen LogP contribution is -2.37. The first-order valence-electron chi connectivity index (χ1n) is 5.70. The van der Waals surface area contributed by atoms with E-state index >= 15 is 0 Å². The van der Waals surface area contributed by atoms with Crippen molar-refractivity contribution in [1.29, 1.82) is 0 Å². The highest BCUT2D eigenvalue weighted by Crippen LogP contribution is 2.18. The normalized spacial score (nSPS) is 21.7. The van der Waals surface area contributed by atoms with Crippen molar-refractivity contribution in [2.24, 2.45) is 0 Å². The summed E-state index contributed by atoms with van der Waals surface area (Å²) in [6, 6.07) is 1.33. The number of nitrogens with one attached hydrogen (secondary N) is 1. The van der Waals surface area contributed by atoms with E-state index in [1.807, 2.05) is 0 Å². The summed E-state index contributed by atoms with van der Waals surface area (Å²) in [6.45, 7) is 2.56. The molecule has 0 aromatic carbocycles. The first kappa shape index (κ1) is 11.0. The van der Waals surface area contributed by atoms with Gasteiger partial charge in [0.1, 0.15) is 0 Å². The number of aliphatic hydroxyl groups excluding tert-OH is 1. The van der Waals surface area contributed by atoms with Crippen LogP contribution in [0, 0.1) is 0 Å². The van der Waals surface area contributed by atoms with Crippen molar-refractivity contribution in [3.05, 3.63) is 0 Å². The lowest BCUT2D eigenvalue weighted by Gasteiger charge is -2.26. The van der Waals surface area contributed by atoms with Crippen LogP contribution in [-0.4, -0.2) is 23.8 Å². The summed E-state index contributed by atoms with van der Waals surface area (Å²) >= 11 is 0. The third-order valence-corrected chi connectivity index (χ3v) is 2.92. The molecule has 1 aliphatic carbocycles. The molecule has 78 valence electrons. The van der Waals surface area contributed by atoms with Crippen LogP contribution in [0.3, 0.4) is 0 Å². The summed E-state index contributed by atoms with van der Waals surface area (Å²) in [5, 5.41) is 12.3. The van der Waals surface area contributed by atoms with E-state index in [9.17, 15) is 0 Å². The molecule has 2 heteroatoms. The van der Waals surface area contributed by atoms with Crippen LogP contribution in [0.1, 0.15) is 51.9 Å². The van der Waals surface area contributed by atoms with Gasteiger partial charge in [-0.05, 0) is 32.6 Å². The molecule has 0 saturated heterocycles. The summed E-state index contributed by atoms with van der Waals surface area (Å²) in [6.07, 6.45) is 8.94. The van der Waals surface area contributed by atoms with Crippen LogP contribution in [0.25, 0.3) is 0 Å². The Balaban J connectivity index is 2.07. The van der Waals surface area contributed by atoms with Gasteiger partial charge in [-0.3, -0.25) is 0 Å². The number of rotatable bonds is 5. The maximum atomic E-state index is 8.69. The monoisotopic (exact) mass is 185 g/mol. The Labute approximate surface area is 81.7 Å². The molecule has 13 heavy (non-hydrogen) atoms. The van der Waals surface area contributed by atoms with E-state index < -0.39 is 0 Å². The quantitative estimate of drug-likeness (QED) is 0.687. The van der Waals surface area contributed by atoms with Gasteiger partial charge in [0.15, 0.2) is 0 Å². The molecule has 1 saturated carbocycles. The summed E-state index contributed by atoms with van der Waals surface area (Å²) in [7, 11) is 0. The lowest BCUT2D eigenvalue weighted by molar-refractivity contribution is 0.267. The van der Waals surface area contributed by atoms with E-state index in [2.05, 4.69) is 12.2 Å². The maximum absolute atomic E-state index is 8.69. The van der Waals surface area contributed by atoms with Crippen molar-refractivity contribution < 1.29 is 5.11 Å². The Hall–Kier alpha value is -0.0800. The van der Waals surface area contributed by atoms with Crippen LogP contribution in [-0.2, 0) is 0 Å². The number of hydrogen-bond acceptors (Lipinski definition) is 2. The molecule has 0 radical (unpaired) electrons. The molecular formula is C11H23NO. The highest BCUT2D eigenvalue weighted by atomic mass is 16.2. The molecule has 0 aromatic heterocycles. The van der Waals surface area contributed by atoms with Crippen LogP contribution in [0.5, 0.6) is 0 Å². The van der Waals surface area contributed by atoms with E-state index in [1.54, 1.807) is 0 Å². The third-order valence-electron chi connectivity index (χ3n) is 2.92. The molecule has 2 N–H and O–H groups in total. The van der Waals surface area contributed by atoms with E-state index in [0.717, 1.165) is 18.9 Å². The molecular weight excluding hydrogens is 162 g/mol. The average Bonchev–Trinajstić information content (AvgIpc) is 2.16. The van der Waals surface area contributed by atoms with Crippen LogP contribution in [0.15, 0.2) is 0 Å². The van der Waals surface area contributed by atoms with Gasteiger partial charge in [0, 0.05) is 18.7 Å². The lowest BCUT2D eigenvalue weighted by atomic mass is 9.94. The van der Waals surface area contributed by atoms with Crippen LogP contribution < -0.4 is 5.32 Å². The molecule has 0 bridgehead atoms. The molecule has 0 aliphatic heterocycles. The smallest absolute Gasteiger partial charge is 0.0431 e. The van der Waals surface area contributed by atoms with Crippen molar-refractivity contribution in [3.63, 3.8) is 0 Å². The molecule has 0 spiro atoms. The second-order valence-electron chi connectivity index (χ2n) is 4.27. The maximum Gasteiger partial charge on any atom is 0.0431 e. The zero-order chi connectivity index (χ0) is 9.52. The third kappa shape index (κ3) is 4.63. The standard InChI is InChI=1S/C11H23NO/c1-10(6-5-9-13)12-11-7-3-2-4-8-11/h10-13H,2-9H2,1H3. The summed E-state index contributed by atoms with van der Waals surface area (Å²) in [5.74, 6) is 0. The van der Waals surface area contributed by atoms with Gasteiger partial charge >= 0.3 is 0 Å². The van der Waals surface area contributed by atoms with Crippen molar-refractivity contribution in [1.82, 2.24) is 5.32 Å². The molecule has 1 rings (SSSR count). The molecule has 1 fully saturated rings. The number of aliphatic hydroxyl groups is 1. The minimum atomic E-state index is 0.330. The Kier molecular flexibility index (Phi) is 5.40. The Morgan fingerprint density at radius 2 is 2.00 bits per heavy atom. The minimum absolute atomic E-state index is 0.330. The zero-order valence-corrected chi connectivity index (χ0v) is 8.76. The van der Waals surface area contributed by atoms with E-state index in [-0.39, 0.29) is 0 Å². The fourth-order valence-corrected chi connectivity index (χ4v) is 2.15. The van der Waals surface area contributed by atoms with Gasteiger partial charge in [-0.2, -0.15) is 0 Å². The molecule has 1 atom stereocenters. The van der Waals surface area contributed by atoms with Gasteiger partial charge in [-0.1, -0.05) is 19.3 Å². The molecule has 2 nitrogen and oxygen atoms in total. The Morgan fingerprint density at radius 1 is 1.31 bits per heavy atom. The first-order valence-corrected chi connectivity index (χ1v) is 5.70. The summed E-state index contributed by atoms with van der Waals surface area (Å²) in [5.41, 5.74) is 0. The topological polar surface area (TPSA) is 32.3 Å². The molecule has 0 amide bonds. The van der Waals surface area contributed by atoms with Gasteiger partial charge in [0.25, 0.3) is 0 Å².